The maximum Gasteiger partial charge on any atom is 0.268 e. The lowest BCUT2D eigenvalue weighted by Crippen LogP contribution is -2.28. The van der Waals surface area contributed by atoms with Crippen LogP contribution in [0.3, 0.4) is 0 Å². The second kappa shape index (κ2) is 6.66. The van der Waals surface area contributed by atoms with Crippen molar-refractivity contribution in [1.29, 1.82) is 0 Å². The van der Waals surface area contributed by atoms with Gasteiger partial charge in [0, 0.05) is 12.6 Å². The number of hydrogen-bond acceptors (Lipinski definition) is 5. The molecule has 1 unspecified atom stereocenters. The minimum absolute atomic E-state index is 0.232. The summed E-state index contributed by atoms with van der Waals surface area (Å²) >= 11 is 5.92. The molecule has 7 heteroatoms. The summed E-state index contributed by atoms with van der Waals surface area (Å²) < 4.78 is 5.12. The predicted molar refractivity (Wildman–Crippen MR) is 86.9 cm³/mol. The summed E-state index contributed by atoms with van der Waals surface area (Å²) in [5.74, 6) is 0.445. The van der Waals surface area contributed by atoms with E-state index in [9.17, 15) is 4.79 Å². The zero-order valence-electron chi connectivity index (χ0n) is 12.3. The van der Waals surface area contributed by atoms with E-state index < -0.39 is 6.10 Å². The number of rotatable bonds is 4. The summed E-state index contributed by atoms with van der Waals surface area (Å²) in [6.07, 6.45) is 1.24. The number of aromatic nitrogens is 1. The Morgan fingerprint density at radius 1 is 1.35 bits per heavy atom. The van der Waals surface area contributed by atoms with Crippen molar-refractivity contribution in [3.63, 3.8) is 0 Å². The number of anilines is 1. The van der Waals surface area contributed by atoms with Crippen molar-refractivity contribution in [2.24, 2.45) is 5.16 Å². The van der Waals surface area contributed by atoms with Crippen LogP contribution in [-0.4, -0.2) is 29.8 Å². The van der Waals surface area contributed by atoms with Gasteiger partial charge in [0.15, 0.2) is 5.15 Å². The van der Waals surface area contributed by atoms with Gasteiger partial charge in [-0.05, 0) is 42.0 Å². The maximum absolute atomic E-state index is 12.2. The molecule has 2 aromatic rings. The van der Waals surface area contributed by atoms with Gasteiger partial charge in [0.1, 0.15) is 5.75 Å². The molecule has 0 radical (unpaired) electrons. The number of amides is 1. The third-order valence-electron chi connectivity index (χ3n) is 3.40. The highest BCUT2D eigenvalue weighted by molar-refractivity contribution is 6.32. The molecule has 2 heterocycles. The van der Waals surface area contributed by atoms with Gasteiger partial charge in [-0.2, -0.15) is 0 Å². The third-order valence-corrected chi connectivity index (χ3v) is 3.70. The minimum atomic E-state index is -0.691. The summed E-state index contributed by atoms with van der Waals surface area (Å²) in [4.78, 5) is 21.4. The highest BCUT2D eigenvalue weighted by atomic mass is 35.5. The second-order valence-corrected chi connectivity index (χ2v) is 5.25. The number of ether oxygens (including phenoxy) is 1. The number of nitrogens with zero attached hydrogens (tertiary/aromatic N) is 2. The Bertz CT molecular complexity index is 746. The van der Waals surface area contributed by atoms with Gasteiger partial charge in [0.2, 0.25) is 6.10 Å². The smallest absolute Gasteiger partial charge is 0.268 e. The fraction of sp³-hybridized carbons (Fsp3) is 0.188. The number of methoxy groups -OCH3 is 1. The van der Waals surface area contributed by atoms with Crippen LogP contribution < -0.4 is 10.1 Å². The highest BCUT2D eigenvalue weighted by Gasteiger charge is 2.29. The van der Waals surface area contributed by atoms with Gasteiger partial charge < -0.3 is 14.9 Å². The average Bonchev–Trinajstić information content (AvgIpc) is 3.07. The fourth-order valence-corrected chi connectivity index (χ4v) is 2.33. The molecule has 118 valence electrons. The first-order valence-corrected chi connectivity index (χ1v) is 7.33. The molecule has 0 saturated heterocycles. The molecule has 1 N–H and O–H groups in total. The predicted octanol–water partition coefficient (Wildman–Crippen LogP) is 2.88. The minimum Gasteiger partial charge on any atom is -0.497 e. The lowest BCUT2D eigenvalue weighted by atomic mass is 10.0. The first-order chi connectivity index (χ1) is 11.2. The molecule has 6 nitrogen and oxygen atoms in total. The van der Waals surface area contributed by atoms with E-state index in [1.54, 1.807) is 25.4 Å². The van der Waals surface area contributed by atoms with Crippen molar-refractivity contribution >= 4 is 28.9 Å². The summed E-state index contributed by atoms with van der Waals surface area (Å²) in [7, 11) is 1.61. The molecule has 1 aromatic heterocycles. The van der Waals surface area contributed by atoms with E-state index in [1.807, 2.05) is 24.3 Å². The molecule has 1 atom stereocenters. The molecule has 1 aliphatic heterocycles. The van der Waals surface area contributed by atoms with Crippen molar-refractivity contribution in [2.45, 2.75) is 12.5 Å². The number of carbonyl (C=O) groups excluding carboxylic acids is 1. The molecule has 0 spiro atoms. The van der Waals surface area contributed by atoms with Gasteiger partial charge in [0.05, 0.1) is 18.5 Å². The van der Waals surface area contributed by atoms with Crippen molar-refractivity contribution < 1.29 is 14.4 Å². The molecule has 23 heavy (non-hydrogen) atoms. The molecule has 1 aromatic carbocycles. The zero-order chi connectivity index (χ0) is 16.2. The topological polar surface area (TPSA) is 72.8 Å². The van der Waals surface area contributed by atoms with Crippen LogP contribution in [-0.2, 0) is 9.63 Å². The van der Waals surface area contributed by atoms with E-state index in [-0.39, 0.29) is 11.1 Å². The molecule has 0 aliphatic carbocycles. The van der Waals surface area contributed by atoms with Crippen molar-refractivity contribution in [1.82, 2.24) is 4.98 Å². The molecule has 1 aliphatic rings. The lowest BCUT2D eigenvalue weighted by Gasteiger charge is -2.10. The second-order valence-electron chi connectivity index (χ2n) is 4.90. The Balaban J connectivity index is 1.64. The Hall–Kier alpha value is -2.60. The van der Waals surface area contributed by atoms with E-state index in [1.165, 1.54) is 0 Å². The van der Waals surface area contributed by atoms with Crippen LogP contribution in [0, 0.1) is 0 Å². The molecular formula is C16H14ClN3O3. The van der Waals surface area contributed by atoms with Gasteiger partial charge in [-0.25, -0.2) is 4.98 Å². The van der Waals surface area contributed by atoms with E-state index in [0.717, 1.165) is 11.3 Å². The van der Waals surface area contributed by atoms with Gasteiger partial charge in [-0.1, -0.05) is 16.8 Å². The van der Waals surface area contributed by atoms with Crippen molar-refractivity contribution in [3.05, 3.63) is 53.3 Å². The van der Waals surface area contributed by atoms with E-state index in [4.69, 9.17) is 21.2 Å². The number of halogens is 1. The standard InChI is InChI=1S/C16H14ClN3O3/c1-22-11-6-4-10(5-7-11)13-9-14(23-20-13)16(21)19-12-3-2-8-18-15(12)17/h2-8,14H,9H2,1H3,(H,19,21). The Labute approximate surface area is 138 Å². The van der Waals surface area contributed by atoms with Gasteiger partial charge in [-0.3, -0.25) is 4.79 Å². The van der Waals surface area contributed by atoms with Crippen LogP contribution in [0.1, 0.15) is 12.0 Å². The van der Waals surface area contributed by atoms with E-state index in [2.05, 4.69) is 15.5 Å². The molecule has 0 bridgehead atoms. The Morgan fingerprint density at radius 3 is 2.83 bits per heavy atom. The summed E-state index contributed by atoms with van der Waals surface area (Å²) in [6.45, 7) is 0. The first-order valence-electron chi connectivity index (χ1n) is 6.96. The number of benzene rings is 1. The first kappa shape index (κ1) is 15.3. The van der Waals surface area contributed by atoms with Gasteiger partial charge in [0.25, 0.3) is 5.91 Å². The summed E-state index contributed by atoms with van der Waals surface area (Å²) in [6, 6.07) is 10.8. The average molecular weight is 332 g/mol. The summed E-state index contributed by atoms with van der Waals surface area (Å²) in [5.41, 5.74) is 2.05. The molecule has 3 rings (SSSR count). The van der Waals surface area contributed by atoms with Gasteiger partial charge >= 0.3 is 0 Å². The van der Waals surface area contributed by atoms with Crippen LogP contribution in [0.2, 0.25) is 5.15 Å². The number of hydrogen-bond donors (Lipinski definition) is 1. The quantitative estimate of drug-likeness (QED) is 0.874. The summed E-state index contributed by atoms with van der Waals surface area (Å²) in [5, 5.41) is 6.92. The normalized spacial score (nSPS) is 16.4. The molecule has 0 saturated carbocycles. The fourth-order valence-electron chi connectivity index (χ4n) is 2.16. The Kier molecular flexibility index (Phi) is 4.43. The van der Waals surface area contributed by atoms with Crippen LogP contribution in [0.25, 0.3) is 0 Å². The van der Waals surface area contributed by atoms with Crippen LogP contribution >= 0.6 is 11.6 Å². The number of nitrogens with one attached hydrogen (secondary N) is 1. The van der Waals surface area contributed by atoms with E-state index >= 15 is 0 Å². The zero-order valence-corrected chi connectivity index (χ0v) is 13.1. The highest BCUT2D eigenvalue weighted by Crippen LogP contribution is 2.22. The Morgan fingerprint density at radius 2 is 2.13 bits per heavy atom. The van der Waals surface area contributed by atoms with Gasteiger partial charge in [-0.15, -0.1) is 0 Å². The van der Waals surface area contributed by atoms with Crippen molar-refractivity contribution in [3.8, 4) is 5.75 Å². The largest absolute Gasteiger partial charge is 0.497 e. The van der Waals surface area contributed by atoms with Crippen molar-refractivity contribution in [2.75, 3.05) is 12.4 Å². The monoisotopic (exact) mass is 331 g/mol. The maximum atomic E-state index is 12.2. The number of carbonyl (C=O) groups is 1. The van der Waals surface area contributed by atoms with Crippen LogP contribution in [0.4, 0.5) is 5.69 Å². The number of oxime groups is 1. The third kappa shape index (κ3) is 3.43. The lowest BCUT2D eigenvalue weighted by molar-refractivity contribution is -0.125. The van der Waals surface area contributed by atoms with E-state index in [0.29, 0.717) is 17.8 Å². The van der Waals surface area contributed by atoms with Crippen LogP contribution in [0.5, 0.6) is 5.75 Å². The molecule has 1 amide bonds. The molecular weight excluding hydrogens is 318 g/mol. The van der Waals surface area contributed by atoms with Crippen LogP contribution in [0.15, 0.2) is 47.8 Å². The number of pyridine rings is 1. The SMILES string of the molecule is COc1ccc(C2=NOC(C(=O)Nc3cccnc3Cl)C2)cc1. The molecule has 0 fully saturated rings.